The van der Waals surface area contributed by atoms with Gasteiger partial charge >= 0.3 is 0 Å². The van der Waals surface area contributed by atoms with Gasteiger partial charge in [0.05, 0.1) is 21.2 Å². The van der Waals surface area contributed by atoms with Crippen LogP contribution in [0.4, 0.5) is 10.8 Å². The quantitative estimate of drug-likeness (QED) is 0.312. The lowest BCUT2D eigenvalue weighted by atomic mass is 10.1. The molecule has 0 bridgehead atoms. The van der Waals surface area contributed by atoms with Crippen LogP contribution >= 0.6 is 34.0 Å². The molecule has 1 N–H and O–H groups in total. The number of aryl methyl sites for hydroxylation is 2. The van der Waals surface area contributed by atoms with E-state index in [-0.39, 0.29) is 11.6 Å². The van der Waals surface area contributed by atoms with Gasteiger partial charge in [0.15, 0.2) is 5.13 Å². The lowest BCUT2D eigenvalue weighted by molar-refractivity contribution is -0.385. The van der Waals surface area contributed by atoms with Gasteiger partial charge in [0.1, 0.15) is 9.88 Å². The van der Waals surface area contributed by atoms with E-state index in [9.17, 15) is 14.9 Å². The van der Waals surface area contributed by atoms with E-state index in [0.717, 1.165) is 9.88 Å². The predicted molar refractivity (Wildman–Crippen MR) is 117 cm³/mol. The first-order chi connectivity index (χ1) is 13.9. The van der Waals surface area contributed by atoms with Gasteiger partial charge in [-0.2, -0.15) is 0 Å². The van der Waals surface area contributed by atoms with Crippen LogP contribution in [0.2, 0.25) is 0 Å². The molecule has 1 amide bonds. The average molecular weight is 443 g/mol. The molecule has 4 aromatic rings. The van der Waals surface area contributed by atoms with Crippen molar-refractivity contribution in [2.45, 2.75) is 13.8 Å². The number of aromatic nitrogens is 2. The zero-order chi connectivity index (χ0) is 20.5. The summed E-state index contributed by atoms with van der Waals surface area (Å²) in [5.74, 6) is -0.265. The molecule has 10 heteroatoms. The Labute approximate surface area is 177 Å². The zero-order valence-corrected chi connectivity index (χ0v) is 17.8. The SMILES string of the molecule is Cc1ccc(-c2csc(NC(=O)c3sc(-c4cccs4)nc3C)n2)cc1[N+](=O)[O-]. The molecule has 7 nitrogen and oxygen atoms in total. The van der Waals surface area contributed by atoms with Gasteiger partial charge in [-0.3, -0.25) is 20.2 Å². The molecule has 29 heavy (non-hydrogen) atoms. The van der Waals surface area contributed by atoms with Crippen molar-refractivity contribution in [1.82, 2.24) is 9.97 Å². The van der Waals surface area contributed by atoms with Crippen molar-refractivity contribution in [3.63, 3.8) is 0 Å². The van der Waals surface area contributed by atoms with E-state index in [2.05, 4.69) is 15.3 Å². The number of thiazole rings is 2. The summed E-state index contributed by atoms with van der Waals surface area (Å²) >= 11 is 4.19. The summed E-state index contributed by atoms with van der Waals surface area (Å²) < 4.78 is 0. The van der Waals surface area contributed by atoms with Gasteiger partial charge in [-0.05, 0) is 25.3 Å². The Morgan fingerprint density at radius 2 is 2.00 bits per heavy atom. The number of nitrogens with one attached hydrogen (secondary N) is 1. The van der Waals surface area contributed by atoms with Gasteiger partial charge in [-0.25, -0.2) is 9.97 Å². The first-order valence-corrected chi connectivity index (χ1v) is 11.0. The summed E-state index contributed by atoms with van der Waals surface area (Å²) in [6, 6.07) is 8.89. The first kappa shape index (κ1) is 19.4. The standard InChI is InChI=1S/C19H14N4O3S3/c1-10-5-6-12(8-14(10)23(25)26)13-9-28-19(21-13)22-17(24)16-11(2)20-18(29-16)15-4-3-7-27-15/h3-9H,1-2H3,(H,21,22,24). The summed E-state index contributed by atoms with van der Waals surface area (Å²) in [4.78, 5) is 33.9. The Balaban J connectivity index is 1.55. The van der Waals surface area contributed by atoms with Crippen LogP contribution in [0.3, 0.4) is 0 Å². The van der Waals surface area contributed by atoms with Gasteiger partial charge in [0.25, 0.3) is 11.6 Å². The molecule has 3 aromatic heterocycles. The number of hydrogen-bond acceptors (Lipinski definition) is 8. The third-order valence-corrected chi connectivity index (χ3v) is 7.11. The van der Waals surface area contributed by atoms with E-state index in [1.54, 1.807) is 42.7 Å². The Morgan fingerprint density at radius 3 is 2.72 bits per heavy atom. The molecule has 4 rings (SSSR count). The number of anilines is 1. The van der Waals surface area contributed by atoms with Crippen LogP contribution < -0.4 is 5.32 Å². The van der Waals surface area contributed by atoms with E-state index in [1.165, 1.54) is 28.7 Å². The fourth-order valence-corrected chi connectivity index (χ4v) is 5.17. The minimum absolute atomic E-state index is 0.0440. The minimum Gasteiger partial charge on any atom is -0.297 e. The van der Waals surface area contributed by atoms with E-state index < -0.39 is 4.92 Å². The van der Waals surface area contributed by atoms with Crippen molar-refractivity contribution in [3.05, 3.63) is 67.3 Å². The Hall–Kier alpha value is -2.95. The van der Waals surface area contributed by atoms with Crippen molar-refractivity contribution in [2.75, 3.05) is 5.32 Å². The number of nitro benzene ring substituents is 1. The fourth-order valence-electron chi connectivity index (χ4n) is 2.70. The van der Waals surface area contributed by atoms with Crippen LogP contribution in [-0.4, -0.2) is 20.8 Å². The minimum atomic E-state index is -0.411. The molecular formula is C19H14N4O3S3. The number of hydrogen-bond donors (Lipinski definition) is 1. The summed E-state index contributed by atoms with van der Waals surface area (Å²) in [5.41, 5.74) is 2.51. The molecule has 146 valence electrons. The molecule has 0 radical (unpaired) electrons. The van der Waals surface area contributed by atoms with Gasteiger partial charge < -0.3 is 0 Å². The van der Waals surface area contributed by atoms with Crippen LogP contribution in [0.15, 0.2) is 41.1 Å². The molecule has 1 aromatic carbocycles. The highest BCUT2D eigenvalue weighted by atomic mass is 32.1. The fraction of sp³-hybridized carbons (Fsp3) is 0.105. The molecule has 0 aliphatic heterocycles. The molecule has 0 saturated carbocycles. The summed E-state index contributed by atoms with van der Waals surface area (Å²) in [5, 5.41) is 18.9. The van der Waals surface area contributed by atoms with Crippen molar-refractivity contribution < 1.29 is 9.72 Å². The lowest BCUT2D eigenvalue weighted by Gasteiger charge is -2.01. The number of benzene rings is 1. The number of nitro groups is 1. The van der Waals surface area contributed by atoms with Crippen LogP contribution in [0.5, 0.6) is 0 Å². The number of rotatable bonds is 5. The summed E-state index contributed by atoms with van der Waals surface area (Å²) in [6.45, 7) is 3.50. The first-order valence-electron chi connectivity index (χ1n) is 8.46. The highest BCUT2D eigenvalue weighted by Crippen LogP contribution is 2.33. The monoisotopic (exact) mass is 442 g/mol. The molecule has 0 atom stereocenters. The van der Waals surface area contributed by atoms with Crippen molar-refractivity contribution in [1.29, 1.82) is 0 Å². The van der Waals surface area contributed by atoms with E-state index in [1.807, 2.05) is 17.5 Å². The maximum absolute atomic E-state index is 12.7. The number of nitrogens with zero attached hydrogens (tertiary/aromatic N) is 3. The van der Waals surface area contributed by atoms with Gasteiger partial charge in [-0.15, -0.1) is 34.0 Å². The van der Waals surface area contributed by atoms with Crippen LogP contribution in [0.25, 0.3) is 21.1 Å². The molecule has 0 aliphatic rings. The van der Waals surface area contributed by atoms with Crippen molar-refractivity contribution >= 4 is 50.7 Å². The largest absolute Gasteiger partial charge is 0.297 e. The second-order valence-corrected chi connectivity index (χ2v) is 8.97. The maximum Gasteiger partial charge on any atom is 0.272 e. The van der Waals surface area contributed by atoms with E-state index >= 15 is 0 Å². The number of thiophene rings is 1. The topological polar surface area (TPSA) is 98.0 Å². The molecule has 0 aliphatic carbocycles. The van der Waals surface area contributed by atoms with Gasteiger partial charge in [0, 0.05) is 22.6 Å². The Morgan fingerprint density at radius 1 is 1.17 bits per heavy atom. The molecule has 3 heterocycles. The third-order valence-electron chi connectivity index (χ3n) is 4.16. The Bertz CT molecular complexity index is 1210. The van der Waals surface area contributed by atoms with Crippen LogP contribution in [-0.2, 0) is 0 Å². The lowest BCUT2D eigenvalue weighted by Crippen LogP contribution is -2.11. The molecule has 0 spiro atoms. The number of carbonyl (C=O) groups excluding carboxylic acids is 1. The van der Waals surface area contributed by atoms with Crippen molar-refractivity contribution in [3.8, 4) is 21.1 Å². The smallest absolute Gasteiger partial charge is 0.272 e. The van der Waals surface area contributed by atoms with Crippen LogP contribution in [0.1, 0.15) is 20.9 Å². The second kappa shape index (κ2) is 7.82. The second-order valence-electron chi connectivity index (χ2n) is 6.16. The summed E-state index contributed by atoms with van der Waals surface area (Å²) in [7, 11) is 0. The molecular weight excluding hydrogens is 428 g/mol. The number of carbonyl (C=O) groups is 1. The van der Waals surface area contributed by atoms with E-state index in [0.29, 0.717) is 32.5 Å². The Kier molecular flexibility index (Phi) is 5.22. The maximum atomic E-state index is 12.7. The molecule has 0 fully saturated rings. The summed E-state index contributed by atoms with van der Waals surface area (Å²) in [6.07, 6.45) is 0. The zero-order valence-electron chi connectivity index (χ0n) is 15.3. The highest BCUT2D eigenvalue weighted by Gasteiger charge is 2.19. The highest BCUT2D eigenvalue weighted by molar-refractivity contribution is 7.22. The van der Waals surface area contributed by atoms with Crippen LogP contribution in [0, 0.1) is 24.0 Å². The molecule has 0 saturated heterocycles. The van der Waals surface area contributed by atoms with Gasteiger partial charge in [0.2, 0.25) is 0 Å². The average Bonchev–Trinajstić information content (AvgIpc) is 3.42. The normalized spacial score (nSPS) is 10.8. The number of amides is 1. The van der Waals surface area contributed by atoms with Crippen molar-refractivity contribution in [2.24, 2.45) is 0 Å². The van der Waals surface area contributed by atoms with E-state index in [4.69, 9.17) is 0 Å². The van der Waals surface area contributed by atoms with Gasteiger partial charge in [-0.1, -0.05) is 18.2 Å². The predicted octanol–water partition coefficient (Wildman–Crippen LogP) is 5.77. The third kappa shape index (κ3) is 3.95. The molecule has 0 unspecified atom stereocenters.